The molecule has 2 atom stereocenters. The molecule has 2 aromatic rings. The molecule has 0 N–H and O–H groups in total. The molecule has 2 aliphatic rings. The minimum absolute atomic E-state index is 0.156. The molecule has 2 aliphatic heterocycles. The summed E-state index contributed by atoms with van der Waals surface area (Å²) in [6, 6.07) is 10.9. The van der Waals surface area contributed by atoms with Gasteiger partial charge in [0.2, 0.25) is 5.88 Å². The van der Waals surface area contributed by atoms with Crippen molar-refractivity contribution in [3.63, 3.8) is 0 Å². The molecule has 1 saturated heterocycles. The van der Waals surface area contributed by atoms with E-state index in [0.717, 1.165) is 10.1 Å². The number of nitrogens with zero attached hydrogens (tertiary/aromatic N) is 2. The molecule has 34 heavy (non-hydrogen) atoms. The Hall–Kier alpha value is -2.46. The monoisotopic (exact) mass is 486 g/mol. The van der Waals surface area contributed by atoms with E-state index in [1.165, 1.54) is 16.8 Å². The first-order chi connectivity index (χ1) is 15.9. The van der Waals surface area contributed by atoms with Crippen LogP contribution in [0.1, 0.15) is 47.1 Å². The summed E-state index contributed by atoms with van der Waals surface area (Å²) in [5.41, 5.74) is -0.00135. The number of hydrogen-bond donors (Lipinski definition) is 0. The van der Waals surface area contributed by atoms with Crippen LogP contribution in [0, 0.1) is 0 Å². The lowest BCUT2D eigenvalue weighted by Crippen LogP contribution is -2.64. The van der Waals surface area contributed by atoms with Crippen LogP contribution in [0.25, 0.3) is 5.88 Å². The molecule has 0 bridgehead atoms. The van der Waals surface area contributed by atoms with Crippen molar-refractivity contribution >= 4 is 14.4 Å². The predicted octanol–water partition coefficient (Wildman–Crippen LogP) is 3.84. The maximum atomic E-state index is 13.1. The van der Waals surface area contributed by atoms with Crippen molar-refractivity contribution in [3.05, 3.63) is 75.1 Å². The van der Waals surface area contributed by atoms with Crippen LogP contribution in [0.5, 0.6) is 0 Å². The van der Waals surface area contributed by atoms with E-state index in [-0.39, 0.29) is 29.0 Å². The van der Waals surface area contributed by atoms with E-state index in [1.54, 1.807) is 0 Å². The Morgan fingerprint density at radius 1 is 1.03 bits per heavy atom. The van der Waals surface area contributed by atoms with Crippen LogP contribution in [0.3, 0.4) is 0 Å². The van der Waals surface area contributed by atoms with Crippen molar-refractivity contribution in [2.24, 2.45) is 0 Å². The van der Waals surface area contributed by atoms with Crippen LogP contribution in [0.15, 0.2) is 58.3 Å². The summed E-state index contributed by atoms with van der Waals surface area (Å²) in [4.78, 5) is 25.5. The number of hydrogen-bond acceptors (Lipinski definition) is 6. The zero-order valence-electron chi connectivity index (χ0n) is 20.7. The molecule has 184 valence electrons. The topological polar surface area (TPSA) is 80.9 Å². The molecule has 0 radical (unpaired) electrons. The first-order valence-electron chi connectivity index (χ1n) is 11.6. The van der Waals surface area contributed by atoms with Crippen LogP contribution in [-0.2, 0) is 31.7 Å². The van der Waals surface area contributed by atoms with Gasteiger partial charge in [-0.1, -0.05) is 71.9 Å². The quantitative estimate of drug-likeness (QED) is 0.598. The number of rotatable bonds is 5. The molecule has 1 aromatic heterocycles. The highest BCUT2D eigenvalue weighted by Gasteiger charge is 2.62. The van der Waals surface area contributed by atoms with Gasteiger partial charge in [0.05, 0.1) is 13.2 Å². The Morgan fingerprint density at radius 3 is 2.35 bits per heavy atom. The van der Waals surface area contributed by atoms with Crippen molar-refractivity contribution in [2.75, 3.05) is 6.61 Å². The lowest BCUT2D eigenvalue weighted by atomic mass is 10.2. The molecule has 8 nitrogen and oxygen atoms in total. The van der Waals surface area contributed by atoms with Crippen LogP contribution in [-0.4, -0.2) is 36.5 Å². The highest BCUT2D eigenvalue weighted by molar-refractivity contribution is 6.73. The average Bonchev–Trinajstić information content (AvgIpc) is 3.18. The molecule has 0 aliphatic carbocycles. The average molecular weight is 487 g/mol. The van der Waals surface area contributed by atoms with E-state index in [0.29, 0.717) is 19.1 Å². The van der Waals surface area contributed by atoms with E-state index in [4.69, 9.17) is 18.3 Å². The minimum Gasteiger partial charge on any atom is -0.470 e. The Labute approximate surface area is 201 Å². The van der Waals surface area contributed by atoms with E-state index in [9.17, 15) is 9.59 Å². The summed E-state index contributed by atoms with van der Waals surface area (Å²) < 4.78 is 27.2. The standard InChI is InChI=1S/C25H34N2O6Si/c1-24(2,3)34(25(4,5)6)31-16-20-19(33-34)14-22(32-20)26-13-12-21(28)27(23(26)29)17-30-15-18-10-8-7-9-11-18/h7-14,19-20H,15-17H2,1-6H3/t19-,20+/m0/s1. The summed E-state index contributed by atoms with van der Waals surface area (Å²) in [7, 11) is -2.67. The van der Waals surface area contributed by atoms with Crippen molar-refractivity contribution in [1.82, 2.24) is 9.13 Å². The third-order valence-corrected chi connectivity index (χ3v) is 11.4. The molecule has 1 aromatic carbocycles. The van der Waals surface area contributed by atoms with Crippen LogP contribution in [0.2, 0.25) is 10.1 Å². The lowest BCUT2D eigenvalue weighted by molar-refractivity contribution is -0.0422. The van der Waals surface area contributed by atoms with E-state index >= 15 is 0 Å². The predicted molar refractivity (Wildman–Crippen MR) is 131 cm³/mol. The highest BCUT2D eigenvalue weighted by atomic mass is 28.4. The number of aromatic nitrogens is 2. The second-order valence-electron chi connectivity index (χ2n) is 10.9. The van der Waals surface area contributed by atoms with Gasteiger partial charge in [-0.3, -0.25) is 4.79 Å². The van der Waals surface area contributed by atoms with Crippen molar-refractivity contribution < 1.29 is 18.3 Å². The minimum atomic E-state index is -2.67. The Balaban J connectivity index is 1.57. The van der Waals surface area contributed by atoms with Crippen molar-refractivity contribution in [1.29, 1.82) is 0 Å². The first kappa shape index (κ1) is 24.7. The zero-order chi connectivity index (χ0) is 24.7. The Bertz CT molecular complexity index is 1160. The molecular weight excluding hydrogens is 452 g/mol. The summed E-state index contributed by atoms with van der Waals surface area (Å²) in [5, 5.41) is -0.320. The van der Waals surface area contributed by atoms with Gasteiger partial charge in [-0.25, -0.2) is 13.9 Å². The van der Waals surface area contributed by atoms with Gasteiger partial charge >= 0.3 is 14.3 Å². The number of benzene rings is 1. The molecule has 9 heteroatoms. The molecule has 0 amide bonds. The second-order valence-corrected chi connectivity index (χ2v) is 15.6. The van der Waals surface area contributed by atoms with Gasteiger partial charge in [-0.2, -0.15) is 0 Å². The fourth-order valence-electron chi connectivity index (χ4n) is 4.85. The normalized spacial score (nSPS) is 22.1. The molecular formula is C25H34N2O6Si. The molecule has 0 spiro atoms. The molecule has 1 fully saturated rings. The van der Waals surface area contributed by atoms with Crippen LogP contribution in [0.4, 0.5) is 0 Å². The Kier molecular flexibility index (Phi) is 6.50. The molecule has 3 heterocycles. The lowest BCUT2D eigenvalue weighted by Gasteiger charge is -2.53. The van der Waals surface area contributed by atoms with E-state index < -0.39 is 19.8 Å². The van der Waals surface area contributed by atoms with Gasteiger partial charge in [0.15, 0.2) is 6.10 Å². The van der Waals surface area contributed by atoms with Gasteiger partial charge in [-0.15, -0.1) is 0 Å². The maximum absolute atomic E-state index is 13.1. The summed E-state index contributed by atoms with van der Waals surface area (Å²) in [6.07, 6.45) is 2.59. The van der Waals surface area contributed by atoms with Crippen molar-refractivity contribution in [2.45, 2.75) is 77.2 Å². The van der Waals surface area contributed by atoms with Crippen molar-refractivity contribution in [3.8, 4) is 0 Å². The van der Waals surface area contributed by atoms with Gasteiger partial charge in [0.25, 0.3) is 5.56 Å². The first-order valence-corrected chi connectivity index (χ1v) is 13.4. The van der Waals surface area contributed by atoms with Gasteiger partial charge in [0.1, 0.15) is 12.8 Å². The fraction of sp³-hybridized carbons (Fsp3) is 0.520. The van der Waals surface area contributed by atoms with Crippen LogP contribution < -0.4 is 11.2 Å². The molecule has 0 unspecified atom stereocenters. The zero-order valence-corrected chi connectivity index (χ0v) is 21.7. The third-order valence-electron chi connectivity index (χ3n) is 6.31. The summed E-state index contributed by atoms with van der Waals surface area (Å²) in [5.74, 6) is 0.341. The van der Waals surface area contributed by atoms with Gasteiger partial charge in [-0.05, 0) is 5.56 Å². The Morgan fingerprint density at radius 2 is 1.71 bits per heavy atom. The maximum Gasteiger partial charge on any atom is 0.350 e. The number of ether oxygens (including phenoxy) is 2. The second kappa shape index (κ2) is 8.96. The fourth-order valence-corrected chi connectivity index (χ4v) is 9.75. The SMILES string of the molecule is CC(C)(C)[Si]1(C(C)(C)C)OC[C@H]2OC(n3ccc(=O)n(COCc4ccccc4)c3=O)=C[C@@H]2O1. The smallest absolute Gasteiger partial charge is 0.350 e. The molecule has 4 rings (SSSR count). The summed E-state index contributed by atoms with van der Waals surface area (Å²) in [6.45, 7) is 13.5. The van der Waals surface area contributed by atoms with E-state index in [2.05, 4.69) is 41.5 Å². The number of fused-ring (bicyclic) bond motifs is 1. The van der Waals surface area contributed by atoms with Crippen LogP contribution >= 0.6 is 0 Å². The van der Waals surface area contributed by atoms with Gasteiger partial charge in [0, 0.05) is 28.4 Å². The highest BCUT2D eigenvalue weighted by Crippen LogP contribution is 2.55. The van der Waals surface area contributed by atoms with Gasteiger partial charge < -0.3 is 18.3 Å². The third kappa shape index (κ3) is 4.45. The molecule has 0 saturated carbocycles. The van der Waals surface area contributed by atoms with E-state index in [1.807, 2.05) is 36.4 Å². The summed E-state index contributed by atoms with van der Waals surface area (Å²) >= 11 is 0. The largest absolute Gasteiger partial charge is 0.470 e.